The minimum absolute atomic E-state index is 0.115. The zero-order chi connectivity index (χ0) is 23.0. The lowest BCUT2D eigenvalue weighted by atomic mass is 10.2. The van der Waals surface area contributed by atoms with Crippen molar-refractivity contribution in [3.8, 4) is 11.5 Å². The Kier molecular flexibility index (Phi) is 7.01. The smallest absolute Gasteiger partial charge is 0.343 e. The SMILES string of the molecule is COc1ccc(C(=O)Oc2ccc(/C=N\NC(=O)CSc3nc4ccccc4o3)cc2)cc1. The van der Waals surface area contributed by atoms with Crippen LogP contribution in [-0.4, -0.2) is 35.9 Å². The number of carbonyl (C=O) groups excluding carboxylic acids is 2. The van der Waals surface area contributed by atoms with Gasteiger partial charge in [-0.05, 0) is 66.2 Å². The van der Waals surface area contributed by atoms with Crippen LogP contribution >= 0.6 is 11.8 Å². The highest BCUT2D eigenvalue weighted by atomic mass is 32.2. The average Bonchev–Trinajstić information content (AvgIpc) is 3.27. The summed E-state index contributed by atoms with van der Waals surface area (Å²) in [7, 11) is 1.56. The number of oxazole rings is 1. The minimum atomic E-state index is -0.470. The summed E-state index contributed by atoms with van der Waals surface area (Å²) in [6.45, 7) is 0. The number of carbonyl (C=O) groups is 2. The van der Waals surface area contributed by atoms with E-state index in [1.165, 1.54) is 18.0 Å². The van der Waals surface area contributed by atoms with Gasteiger partial charge in [0.2, 0.25) is 0 Å². The van der Waals surface area contributed by atoms with Crippen LogP contribution in [0.3, 0.4) is 0 Å². The number of para-hydroxylation sites is 2. The quantitative estimate of drug-likeness (QED) is 0.137. The first kappa shape index (κ1) is 22.1. The highest BCUT2D eigenvalue weighted by Crippen LogP contribution is 2.22. The number of aromatic nitrogens is 1. The second-order valence-corrected chi connectivity index (χ2v) is 7.64. The summed E-state index contributed by atoms with van der Waals surface area (Å²) in [6, 6.07) is 20.8. The van der Waals surface area contributed by atoms with Crippen LogP contribution in [-0.2, 0) is 4.79 Å². The number of hydrazone groups is 1. The summed E-state index contributed by atoms with van der Waals surface area (Å²) in [6.07, 6.45) is 1.50. The van der Waals surface area contributed by atoms with E-state index in [1.807, 2.05) is 24.3 Å². The zero-order valence-electron chi connectivity index (χ0n) is 17.6. The van der Waals surface area contributed by atoms with E-state index in [-0.39, 0.29) is 11.7 Å². The van der Waals surface area contributed by atoms with Crippen molar-refractivity contribution >= 4 is 41.0 Å². The predicted molar refractivity (Wildman–Crippen MR) is 125 cm³/mol. The molecule has 0 saturated carbocycles. The van der Waals surface area contributed by atoms with Crippen molar-refractivity contribution < 1.29 is 23.5 Å². The van der Waals surface area contributed by atoms with Gasteiger partial charge >= 0.3 is 5.97 Å². The van der Waals surface area contributed by atoms with Crippen LogP contribution in [0.15, 0.2) is 87.5 Å². The lowest BCUT2D eigenvalue weighted by Gasteiger charge is -2.05. The van der Waals surface area contributed by atoms with Crippen LogP contribution in [0.1, 0.15) is 15.9 Å². The Morgan fingerprint density at radius 3 is 2.48 bits per heavy atom. The molecular weight excluding hydrogens is 442 g/mol. The van der Waals surface area contributed by atoms with Gasteiger partial charge in [0.1, 0.15) is 17.0 Å². The number of benzene rings is 3. The van der Waals surface area contributed by atoms with Crippen LogP contribution in [0.2, 0.25) is 0 Å². The number of amides is 1. The van der Waals surface area contributed by atoms with Crippen molar-refractivity contribution in [2.75, 3.05) is 12.9 Å². The number of esters is 1. The summed E-state index contributed by atoms with van der Waals surface area (Å²) in [4.78, 5) is 28.5. The Hall–Kier alpha value is -4.11. The Bertz CT molecular complexity index is 1250. The van der Waals surface area contributed by atoms with Crippen LogP contribution in [0.25, 0.3) is 11.1 Å². The Balaban J connectivity index is 1.24. The molecule has 0 radical (unpaired) electrons. The van der Waals surface area contributed by atoms with Gasteiger partial charge < -0.3 is 13.9 Å². The molecule has 33 heavy (non-hydrogen) atoms. The van der Waals surface area contributed by atoms with E-state index in [4.69, 9.17) is 13.9 Å². The molecule has 8 nitrogen and oxygen atoms in total. The summed E-state index contributed by atoms with van der Waals surface area (Å²) >= 11 is 1.19. The summed E-state index contributed by atoms with van der Waals surface area (Å²) in [5.41, 5.74) is 5.03. The van der Waals surface area contributed by atoms with E-state index in [1.54, 1.807) is 55.6 Å². The Labute approximate surface area is 193 Å². The first-order valence-electron chi connectivity index (χ1n) is 9.87. The molecule has 0 saturated heterocycles. The van der Waals surface area contributed by atoms with Crippen LogP contribution in [0, 0.1) is 0 Å². The van der Waals surface area contributed by atoms with Crippen molar-refractivity contribution in [3.63, 3.8) is 0 Å². The van der Waals surface area contributed by atoms with Crippen LogP contribution < -0.4 is 14.9 Å². The van der Waals surface area contributed by atoms with Crippen LogP contribution in [0.5, 0.6) is 11.5 Å². The van der Waals surface area contributed by atoms with Gasteiger partial charge in [-0.25, -0.2) is 15.2 Å². The number of nitrogens with zero attached hydrogens (tertiary/aromatic N) is 2. The Morgan fingerprint density at radius 2 is 1.76 bits per heavy atom. The molecule has 0 spiro atoms. The molecule has 4 aromatic rings. The molecule has 0 aliphatic rings. The largest absolute Gasteiger partial charge is 0.497 e. The first-order chi connectivity index (χ1) is 16.1. The van der Waals surface area contributed by atoms with Crippen molar-refractivity contribution in [3.05, 3.63) is 83.9 Å². The first-order valence-corrected chi connectivity index (χ1v) is 10.9. The van der Waals surface area contributed by atoms with Gasteiger partial charge in [-0.3, -0.25) is 4.79 Å². The third kappa shape index (κ3) is 5.98. The number of fused-ring (bicyclic) bond motifs is 1. The molecule has 0 aliphatic carbocycles. The second-order valence-electron chi connectivity index (χ2n) is 6.72. The second kappa shape index (κ2) is 10.5. The van der Waals surface area contributed by atoms with E-state index in [0.717, 1.165) is 11.1 Å². The lowest BCUT2D eigenvalue weighted by molar-refractivity contribution is -0.118. The summed E-state index contributed by atoms with van der Waals surface area (Å²) in [5.74, 6) is 0.412. The average molecular weight is 461 g/mol. The molecule has 0 unspecified atom stereocenters. The maximum Gasteiger partial charge on any atom is 0.343 e. The molecule has 0 atom stereocenters. The van der Waals surface area contributed by atoms with Gasteiger partial charge in [-0.1, -0.05) is 23.9 Å². The van der Waals surface area contributed by atoms with Gasteiger partial charge in [-0.15, -0.1) is 0 Å². The highest BCUT2D eigenvalue weighted by molar-refractivity contribution is 7.99. The molecular formula is C24H19N3O5S. The van der Waals surface area contributed by atoms with E-state index in [0.29, 0.717) is 27.9 Å². The number of nitrogens with one attached hydrogen (secondary N) is 1. The number of hydrogen-bond donors (Lipinski definition) is 1. The number of thioether (sulfide) groups is 1. The fraction of sp³-hybridized carbons (Fsp3) is 0.0833. The van der Waals surface area contributed by atoms with E-state index in [2.05, 4.69) is 15.5 Å². The molecule has 4 rings (SSSR count). The van der Waals surface area contributed by atoms with Crippen LogP contribution in [0.4, 0.5) is 0 Å². The zero-order valence-corrected chi connectivity index (χ0v) is 18.4. The number of hydrogen-bond acceptors (Lipinski definition) is 8. The van der Waals surface area contributed by atoms with Gasteiger partial charge in [-0.2, -0.15) is 5.10 Å². The van der Waals surface area contributed by atoms with Crippen molar-refractivity contribution in [2.45, 2.75) is 5.22 Å². The molecule has 166 valence electrons. The molecule has 0 aliphatic heterocycles. The monoisotopic (exact) mass is 461 g/mol. The van der Waals surface area contributed by atoms with Gasteiger partial charge in [0.15, 0.2) is 5.58 Å². The molecule has 0 fully saturated rings. The van der Waals surface area contributed by atoms with E-state index >= 15 is 0 Å². The molecule has 1 heterocycles. The number of rotatable bonds is 8. The van der Waals surface area contributed by atoms with Gasteiger partial charge in [0, 0.05) is 0 Å². The fourth-order valence-corrected chi connectivity index (χ4v) is 3.40. The third-order valence-corrected chi connectivity index (χ3v) is 5.25. The minimum Gasteiger partial charge on any atom is -0.497 e. The maximum absolute atomic E-state index is 12.2. The summed E-state index contributed by atoms with van der Waals surface area (Å²) in [5, 5.41) is 4.37. The normalized spacial score (nSPS) is 10.9. The summed E-state index contributed by atoms with van der Waals surface area (Å²) < 4.78 is 16.0. The highest BCUT2D eigenvalue weighted by Gasteiger charge is 2.10. The Morgan fingerprint density at radius 1 is 1.03 bits per heavy atom. The maximum atomic E-state index is 12.2. The van der Waals surface area contributed by atoms with Gasteiger partial charge in [0.25, 0.3) is 11.1 Å². The lowest BCUT2D eigenvalue weighted by Crippen LogP contribution is -2.19. The molecule has 1 aromatic heterocycles. The van der Waals surface area contributed by atoms with Gasteiger partial charge in [0.05, 0.1) is 24.6 Å². The number of methoxy groups -OCH3 is 1. The predicted octanol–water partition coefficient (Wildman–Crippen LogP) is 4.30. The molecule has 9 heteroatoms. The van der Waals surface area contributed by atoms with Crippen molar-refractivity contribution in [1.29, 1.82) is 0 Å². The standard InChI is InChI=1S/C24H19N3O5S/c1-30-18-12-8-17(9-13-18)23(29)31-19-10-6-16(7-11-19)14-25-27-22(28)15-33-24-26-20-4-2-3-5-21(20)32-24/h2-14H,15H2,1H3,(H,27,28)/b25-14-. The fourth-order valence-electron chi connectivity index (χ4n) is 2.77. The third-order valence-electron chi connectivity index (χ3n) is 4.42. The topological polar surface area (TPSA) is 103 Å². The molecule has 0 bridgehead atoms. The van der Waals surface area contributed by atoms with Crippen molar-refractivity contribution in [1.82, 2.24) is 10.4 Å². The van der Waals surface area contributed by atoms with Crippen molar-refractivity contribution in [2.24, 2.45) is 5.10 Å². The number of ether oxygens (including phenoxy) is 2. The molecule has 3 aromatic carbocycles. The molecule has 1 N–H and O–H groups in total. The molecule has 1 amide bonds. The van der Waals surface area contributed by atoms with E-state index < -0.39 is 5.97 Å². The van der Waals surface area contributed by atoms with E-state index in [9.17, 15) is 9.59 Å².